The van der Waals surface area contributed by atoms with E-state index in [1.54, 1.807) is 6.20 Å². The number of nitrogens with one attached hydrogen (secondary N) is 1. The van der Waals surface area contributed by atoms with Crippen LogP contribution < -0.4 is 10.2 Å². The van der Waals surface area contributed by atoms with Gasteiger partial charge < -0.3 is 15.1 Å². The van der Waals surface area contributed by atoms with Crippen molar-refractivity contribution in [3.63, 3.8) is 0 Å². The molecule has 0 amide bonds. The summed E-state index contributed by atoms with van der Waals surface area (Å²) in [6, 6.07) is 0.576. The molecule has 0 aliphatic carbocycles. The Labute approximate surface area is 103 Å². The Kier molecular flexibility index (Phi) is 3.78. The molecule has 1 N–H and O–H groups in total. The van der Waals surface area contributed by atoms with Crippen LogP contribution in [0.3, 0.4) is 0 Å². The molecule has 1 aromatic rings. The van der Waals surface area contributed by atoms with E-state index < -0.39 is 0 Å². The maximum atomic E-state index is 4.52. The molecule has 0 bridgehead atoms. The van der Waals surface area contributed by atoms with Gasteiger partial charge in [-0.15, -0.1) is 0 Å². The Morgan fingerprint density at radius 1 is 1.35 bits per heavy atom. The van der Waals surface area contributed by atoms with Gasteiger partial charge >= 0.3 is 0 Å². The van der Waals surface area contributed by atoms with E-state index in [0.29, 0.717) is 6.04 Å². The first kappa shape index (κ1) is 12.1. The minimum absolute atomic E-state index is 0.576. The van der Waals surface area contributed by atoms with Crippen LogP contribution in [0, 0.1) is 0 Å². The molecule has 0 spiro atoms. The molecule has 0 atom stereocenters. The van der Waals surface area contributed by atoms with Gasteiger partial charge in [-0.05, 0) is 33.0 Å². The van der Waals surface area contributed by atoms with Gasteiger partial charge in [0.1, 0.15) is 11.6 Å². The van der Waals surface area contributed by atoms with E-state index in [0.717, 1.165) is 24.7 Å². The average molecular weight is 235 g/mol. The number of hydrogen-bond donors (Lipinski definition) is 1. The Morgan fingerprint density at radius 2 is 2.06 bits per heavy atom. The van der Waals surface area contributed by atoms with Crippen molar-refractivity contribution in [1.29, 1.82) is 0 Å². The topological polar surface area (TPSA) is 44.3 Å². The summed E-state index contributed by atoms with van der Waals surface area (Å²) in [7, 11) is 6.15. The Balaban J connectivity index is 2.05. The highest BCUT2D eigenvalue weighted by Crippen LogP contribution is 2.20. The van der Waals surface area contributed by atoms with Crippen LogP contribution in [0.15, 0.2) is 12.4 Å². The van der Waals surface area contributed by atoms with Crippen LogP contribution in [0.25, 0.3) is 0 Å². The Bertz CT molecular complexity index is 360. The molecule has 1 aromatic heterocycles. The average Bonchev–Trinajstić information content (AvgIpc) is 2.39. The smallest absolute Gasteiger partial charge is 0.149 e. The zero-order valence-electron chi connectivity index (χ0n) is 10.8. The van der Waals surface area contributed by atoms with Gasteiger partial charge in [0.15, 0.2) is 0 Å². The first-order valence-corrected chi connectivity index (χ1v) is 6.12. The van der Waals surface area contributed by atoms with E-state index in [-0.39, 0.29) is 0 Å². The van der Waals surface area contributed by atoms with Crippen molar-refractivity contribution in [3.8, 4) is 0 Å². The normalized spacial score (nSPS) is 18.1. The number of aromatic nitrogens is 2. The molecule has 0 radical (unpaired) electrons. The molecule has 94 valence electrons. The number of anilines is 2. The van der Waals surface area contributed by atoms with Crippen LogP contribution in [0.5, 0.6) is 0 Å². The van der Waals surface area contributed by atoms with Gasteiger partial charge in [-0.25, -0.2) is 4.98 Å². The summed E-state index contributed by atoms with van der Waals surface area (Å²) < 4.78 is 0. The molecule has 2 heterocycles. The Hall–Kier alpha value is -1.36. The molecule has 1 aliphatic rings. The molecule has 5 nitrogen and oxygen atoms in total. The summed E-state index contributed by atoms with van der Waals surface area (Å²) >= 11 is 0. The number of likely N-dealkylation sites (tertiary alicyclic amines) is 1. The van der Waals surface area contributed by atoms with Crippen molar-refractivity contribution in [2.75, 3.05) is 44.4 Å². The standard InChI is InChI=1S/C12H21N5/c1-13-11-8-14-9-12(15-11)17(3)10-4-6-16(2)7-5-10/h8-10H,4-7H2,1-3H3,(H,13,15). The van der Waals surface area contributed by atoms with Crippen molar-refractivity contribution < 1.29 is 0 Å². The lowest BCUT2D eigenvalue weighted by Gasteiger charge is -2.35. The molecular formula is C12H21N5. The van der Waals surface area contributed by atoms with Crippen molar-refractivity contribution >= 4 is 11.6 Å². The van der Waals surface area contributed by atoms with E-state index in [4.69, 9.17) is 0 Å². The van der Waals surface area contributed by atoms with E-state index in [1.807, 2.05) is 13.2 Å². The molecule has 0 aromatic carbocycles. The lowest BCUT2D eigenvalue weighted by Crippen LogP contribution is -2.42. The van der Waals surface area contributed by atoms with Crippen LogP contribution in [-0.2, 0) is 0 Å². The minimum atomic E-state index is 0.576. The van der Waals surface area contributed by atoms with E-state index in [1.165, 1.54) is 12.8 Å². The summed E-state index contributed by atoms with van der Waals surface area (Å²) in [5, 5.41) is 3.02. The first-order chi connectivity index (χ1) is 8.20. The molecule has 17 heavy (non-hydrogen) atoms. The highest BCUT2D eigenvalue weighted by atomic mass is 15.2. The summed E-state index contributed by atoms with van der Waals surface area (Å²) in [6.45, 7) is 2.32. The van der Waals surface area contributed by atoms with Crippen LogP contribution in [0.4, 0.5) is 11.6 Å². The first-order valence-electron chi connectivity index (χ1n) is 6.12. The third-order valence-corrected chi connectivity index (χ3v) is 3.48. The number of piperidine rings is 1. The van der Waals surface area contributed by atoms with Crippen LogP contribution in [0.1, 0.15) is 12.8 Å². The third-order valence-electron chi connectivity index (χ3n) is 3.48. The summed E-state index contributed by atoms with van der Waals surface area (Å²) in [4.78, 5) is 13.4. The second kappa shape index (κ2) is 5.31. The van der Waals surface area contributed by atoms with Crippen LogP contribution in [-0.4, -0.2) is 55.1 Å². The fourth-order valence-electron chi connectivity index (χ4n) is 2.22. The lowest BCUT2D eigenvalue weighted by molar-refractivity contribution is 0.252. The van der Waals surface area contributed by atoms with Gasteiger partial charge in [-0.3, -0.25) is 4.98 Å². The van der Waals surface area contributed by atoms with E-state index in [9.17, 15) is 0 Å². The summed E-state index contributed by atoms with van der Waals surface area (Å²) in [5.74, 6) is 1.77. The van der Waals surface area contributed by atoms with Crippen molar-refractivity contribution in [2.45, 2.75) is 18.9 Å². The quantitative estimate of drug-likeness (QED) is 0.848. The monoisotopic (exact) mass is 235 g/mol. The molecule has 1 aliphatic heterocycles. The van der Waals surface area contributed by atoms with Gasteiger partial charge in [0.05, 0.1) is 12.4 Å². The van der Waals surface area contributed by atoms with Crippen molar-refractivity contribution in [1.82, 2.24) is 14.9 Å². The minimum Gasteiger partial charge on any atom is -0.372 e. The summed E-state index contributed by atoms with van der Waals surface area (Å²) in [5.41, 5.74) is 0. The fourth-order valence-corrected chi connectivity index (χ4v) is 2.22. The van der Waals surface area contributed by atoms with Crippen molar-refractivity contribution in [2.24, 2.45) is 0 Å². The third kappa shape index (κ3) is 2.85. The molecule has 1 fully saturated rings. The molecule has 5 heteroatoms. The largest absolute Gasteiger partial charge is 0.372 e. The molecular weight excluding hydrogens is 214 g/mol. The molecule has 0 saturated carbocycles. The highest BCUT2D eigenvalue weighted by Gasteiger charge is 2.21. The summed E-state index contributed by atoms with van der Waals surface area (Å²) in [6.07, 6.45) is 5.96. The number of nitrogens with zero attached hydrogens (tertiary/aromatic N) is 4. The predicted octanol–water partition coefficient (Wildman–Crippen LogP) is 1.05. The maximum Gasteiger partial charge on any atom is 0.149 e. The van der Waals surface area contributed by atoms with Gasteiger partial charge in [-0.2, -0.15) is 0 Å². The van der Waals surface area contributed by atoms with Gasteiger partial charge in [0, 0.05) is 20.1 Å². The molecule has 1 saturated heterocycles. The van der Waals surface area contributed by atoms with Crippen LogP contribution >= 0.6 is 0 Å². The van der Waals surface area contributed by atoms with E-state index in [2.05, 4.69) is 39.2 Å². The highest BCUT2D eigenvalue weighted by molar-refractivity contribution is 5.43. The fraction of sp³-hybridized carbons (Fsp3) is 0.667. The SMILES string of the molecule is CNc1cncc(N(C)C2CCN(C)CC2)n1. The Morgan fingerprint density at radius 3 is 2.71 bits per heavy atom. The second-order valence-electron chi connectivity index (χ2n) is 4.66. The maximum absolute atomic E-state index is 4.52. The zero-order valence-corrected chi connectivity index (χ0v) is 10.8. The van der Waals surface area contributed by atoms with Gasteiger partial charge in [-0.1, -0.05) is 0 Å². The number of hydrogen-bond acceptors (Lipinski definition) is 5. The molecule has 2 rings (SSSR count). The zero-order chi connectivity index (χ0) is 12.3. The van der Waals surface area contributed by atoms with E-state index >= 15 is 0 Å². The van der Waals surface area contributed by atoms with Crippen LogP contribution in [0.2, 0.25) is 0 Å². The molecule has 0 unspecified atom stereocenters. The van der Waals surface area contributed by atoms with Gasteiger partial charge in [0.2, 0.25) is 0 Å². The predicted molar refractivity (Wildman–Crippen MR) is 70.5 cm³/mol. The van der Waals surface area contributed by atoms with Crippen molar-refractivity contribution in [3.05, 3.63) is 12.4 Å². The second-order valence-corrected chi connectivity index (χ2v) is 4.66. The number of rotatable bonds is 3. The van der Waals surface area contributed by atoms with Gasteiger partial charge in [0.25, 0.3) is 0 Å². The lowest BCUT2D eigenvalue weighted by atomic mass is 10.0.